The average Bonchev–Trinajstić information content (AvgIpc) is 2.49. The van der Waals surface area contributed by atoms with Crippen LogP contribution in [0.15, 0.2) is 30.3 Å². The van der Waals surface area contributed by atoms with Gasteiger partial charge in [0.2, 0.25) is 0 Å². The Hall–Kier alpha value is -1.15. The lowest BCUT2D eigenvalue weighted by molar-refractivity contribution is -0.126. The molecule has 118 valence electrons. The van der Waals surface area contributed by atoms with Crippen LogP contribution in [0.4, 0.5) is 0 Å². The zero-order chi connectivity index (χ0) is 15.3. The number of aliphatic hydroxyl groups excluding tert-OH is 1. The van der Waals surface area contributed by atoms with Crippen LogP contribution in [0.1, 0.15) is 70.3 Å². The quantitative estimate of drug-likeness (QED) is 0.567. The lowest BCUT2D eigenvalue weighted by Crippen LogP contribution is -2.15. The lowest BCUT2D eigenvalue weighted by atomic mass is 10.0. The Balaban J connectivity index is 1.84. The summed E-state index contributed by atoms with van der Waals surface area (Å²) in [5, 5.41) is 9.08. The molecule has 0 aliphatic rings. The van der Waals surface area contributed by atoms with Crippen molar-refractivity contribution in [2.24, 2.45) is 0 Å². The lowest BCUT2D eigenvalue weighted by Gasteiger charge is -2.04. The topological polar surface area (TPSA) is 37.3 Å². The molecule has 1 N–H and O–H groups in total. The molecule has 2 nitrogen and oxygen atoms in total. The van der Waals surface area contributed by atoms with E-state index in [9.17, 15) is 4.79 Å². The maximum Gasteiger partial charge on any atom is 0.160 e. The SMILES string of the molecule is CC(O)C(=O)CCCCCCCCCCc1ccccc1. The number of aryl methyl sites for hydroxylation is 1. The highest BCUT2D eigenvalue weighted by Gasteiger charge is 2.07. The second kappa shape index (κ2) is 11.5. The Kier molecular flexibility index (Phi) is 9.81. The predicted molar refractivity (Wildman–Crippen MR) is 88.4 cm³/mol. The predicted octanol–water partition coefficient (Wildman–Crippen LogP) is 4.69. The van der Waals surface area contributed by atoms with Crippen molar-refractivity contribution in [3.05, 3.63) is 35.9 Å². The minimum absolute atomic E-state index is 0.0177. The van der Waals surface area contributed by atoms with Crippen molar-refractivity contribution in [2.75, 3.05) is 0 Å². The Bertz CT molecular complexity index is 370. The van der Waals surface area contributed by atoms with Crippen molar-refractivity contribution in [3.8, 4) is 0 Å². The molecule has 0 amide bonds. The number of Topliss-reactive ketones (excluding diaryl/α,β-unsaturated/α-hetero) is 1. The molecule has 1 atom stereocenters. The van der Waals surface area contributed by atoms with E-state index in [2.05, 4.69) is 30.3 Å². The largest absolute Gasteiger partial charge is 0.386 e. The fraction of sp³-hybridized carbons (Fsp3) is 0.632. The Morgan fingerprint density at radius 1 is 0.905 bits per heavy atom. The number of aliphatic hydroxyl groups is 1. The number of carbonyl (C=O) groups excluding carboxylic acids is 1. The molecule has 0 aliphatic carbocycles. The van der Waals surface area contributed by atoms with Crippen LogP contribution in [-0.2, 0) is 11.2 Å². The molecule has 0 heterocycles. The number of unbranched alkanes of at least 4 members (excludes halogenated alkanes) is 7. The van der Waals surface area contributed by atoms with E-state index in [0.717, 1.165) is 12.8 Å². The van der Waals surface area contributed by atoms with Gasteiger partial charge in [-0.3, -0.25) is 4.79 Å². The van der Waals surface area contributed by atoms with Crippen LogP contribution in [-0.4, -0.2) is 17.0 Å². The van der Waals surface area contributed by atoms with E-state index in [-0.39, 0.29) is 5.78 Å². The van der Waals surface area contributed by atoms with Crippen LogP contribution in [0.5, 0.6) is 0 Å². The third-order valence-electron chi connectivity index (χ3n) is 3.95. The summed E-state index contributed by atoms with van der Waals surface area (Å²) in [5.74, 6) is -0.0177. The summed E-state index contributed by atoms with van der Waals surface area (Å²) in [6.07, 6.45) is 10.7. The maximum absolute atomic E-state index is 11.2. The third-order valence-corrected chi connectivity index (χ3v) is 3.95. The third kappa shape index (κ3) is 9.41. The molecule has 0 aromatic heterocycles. The highest BCUT2D eigenvalue weighted by atomic mass is 16.3. The Morgan fingerprint density at radius 2 is 1.43 bits per heavy atom. The van der Waals surface area contributed by atoms with Gasteiger partial charge in [-0.1, -0.05) is 68.9 Å². The number of benzene rings is 1. The summed E-state index contributed by atoms with van der Waals surface area (Å²) in [7, 11) is 0. The first-order valence-corrected chi connectivity index (χ1v) is 8.45. The molecular weight excluding hydrogens is 260 g/mol. The normalized spacial score (nSPS) is 12.3. The number of rotatable bonds is 12. The summed E-state index contributed by atoms with van der Waals surface area (Å²) in [5.41, 5.74) is 1.44. The molecule has 0 saturated carbocycles. The van der Waals surface area contributed by atoms with Crippen LogP contribution in [0.2, 0.25) is 0 Å². The van der Waals surface area contributed by atoms with Gasteiger partial charge in [-0.15, -0.1) is 0 Å². The molecule has 0 bridgehead atoms. The van der Waals surface area contributed by atoms with Crippen LogP contribution in [0.3, 0.4) is 0 Å². The van der Waals surface area contributed by atoms with E-state index in [0.29, 0.717) is 6.42 Å². The molecule has 1 rings (SSSR count). The van der Waals surface area contributed by atoms with Crippen molar-refractivity contribution in [2.45, 2.75) is 77.2 Å². The van der Waals surface area contributed by atoms with Gasteiger partial charge in [0.15, 0.2) is 5.78 Å². The second-order valence-corrected chi connectivity index (χ2v) is 5.96. The minimum atomic E-state index is -0.783. The monoisotopic (exact) mass is 290 g/mol. The van der Waals surface area contributed by atoms with Gasteiger partial charge < -0.3 is 5.11 Å². The summed E-state index contributed by atoms with van der Waals surface area (Å²) < 4.78 is 0. The zero-order valence-corrected chi connectivity index (χ0v) is 13.4. The van der Waals surface area contributed by atoms with Gasteiger partial charge in [-0.2, -0.15) is 0 Å². The first kappa shape index (κ1) is 17.9. The molecule has 1 aromatic carbocycles. The summed E-state index contributed by atoms with van der Waals surface area (Å²) >= 11 is 0. The van der Waals surface area contributed by atoms with Gasteiger partial charge in [0.05, 0.1) is 0 Å². The summed E-state index contributed by atoms with van der Waals surface area (Å²) in [6, 6.07) is 10.7. The minimum Gasteiger partial charge on any atom is -0.386 e. The summed E-state index contributed by atoms with van der Waals surface area (Å²) in [4.78, 5) is 11.2. The van der Waals surface area contributed by atoms with Crippen LogP contribution in [0, 0.1) is 0 Å². The zero-order valence-electron chi connectivity index (χ0n) is 13.4. The molecule has 21 heavy (non-hydrogen) atoms. The molecule has 1 aromatic rings. The first-order chi connectivity index (χ1) is 10.2. The standard InChI is InChI=1S/C19H30O2/c1-17(20)19(21)16-12-7-5-3-2-4-6-9-13-18-14-10-8-11-15-18/h8,10-11,14-15,17,20H,2-7,9,12-13,16H2,1H3. The molecule has 2 heteroatoms. The van der Waals surface area contributed by atoms with Gasteiger partial charge in [0, 0.05) is 6.42 Å². The van der Waals surface area contributed by atoms with Crippen molar-refractivity contribution in [1.82, 2.24) is 0 Å². The van der Waals surface area contributed by atoms with Crippen molar-refractivity contribution in [3.63, 3.8) is 0 Å². The molecule has 0 aliphatic heterocycles. The molecule has 0 spiro atoms. The van der Waals surface area contributed by atoms with E-state index in [1.165, 1.54) is 50.5 Å². The summed E-state index contributed by atoms with van der Waals surface area (Å²) in [6.45, 7) is 1.55. The smallest absolute Gasteiger partial charge is 0.160 e. The Labute approximate surface area is 129 Å². The van der Waals surface area contributed by atoms with Crippen molar-refractivity contribution < 1.29 is 9.90 Å². The van der Waals surface area contributed by atoms with Gasteiger partial charge >= 0.3 is 0 Å². The Morgan fingerprint density at radius 3 is 2.00 bits per heavy atom. The van der Waals surface area contributed by atoms with E-state index in [1.807, 2.05) is 0 Å². The fourth-order valence-corrected chi connectivity index (χ4v) is 2.54. The maximum atomic E-state index is 11.2. The van der Waals surface area contributed by atoms with E-state index in [1.54, 1.807) is 6.92 Å². The number of carbonyl (C=O) groups is 1. The second-order valence-electron chi connectivity index (χ2n) is 5.96. The van der Waals surface area contributed by atoms with E-state index in [4.69, 9.17) is 5.11 Å². The van der Waals surface area contributed by atoms with Crippen molar-refractivity contribution >= 4 is 5.78 Å². The first-order valence-electron chi connectivity index (χ1n) is 8.45. The highest BCUT2D eigenvalue weighted by molar-refractivity contribution is 5.82. The van der Waals surface area contributed by atoms with Gasteiger partial charge in [-0.05, 0) is 31.7 Å². The van der Waals surface area contributed by atoms with Crippen molar-refractivity contribution in [1.29, 1.82) is 0 Å². The highest BCUT2D eigenvalue weighted by Crippen LogP contribution is 2.12. The van der Waals surface area contributed by atoms with Crippen LogP contribution >= 0.6 is 0 Å². The van der Waals surface area contributed by atoms with Gasteiger partial charge in [0.25, 0.3) is 0 Å². The van der Waals surface area contributed by atoms with Gasteiger partial charge in [-0.25, -0.2) is 0 Å². The van der Waals surface area contributed by atoms with E-state index >= 15 is 0 Å². The van der Waals surface area contributed by atoms with Crippen LogP contribution < -0.4 is 0 Å². The van der Waals surface area contributed by atoms with Crippen LogP contribution in [0.25, 0.3) is 0 Å². The van der Waals surface area contributed by atoms with E-state index < -0.39 is 6.10 Å². The average molecular weight is 290 g/mol. The number of hydrogen-bond acceptors (Lipinski definition) is 2. The molecule has 0 fully saturated rings. The molecule has 1 unspecified atom stereocenters. The van der Waals surface area contributed by atoms with Gasteiger partial charge in [0.1, 0.15) is 6.10 Å². The molecule has 0 radical (unpaired) electrons. The fourth-order valence-electron chi connectivity index (χ4n) is 2.54. The number of hydrogen-bond donors (Lipinski definition) is 1. The molecule has 0 saturated heterocycles. The molecular formula is C19H30O2. The number of ketones is 1.